The molecule has 0 aliphatic carbocycles. The van der Waals surface area contributed by atoms with Crippen LogP contribution in [-0.4, -0.2) is 46.4 Å². The number of hydrogen-bond acceptors (Lipinski definition) is 3. The van der Waals surface area contributed by atoms with Crippen LogP contribution in [0.25, 0.3) is 0 Å². The molecule has 10 heteroatoms. The fourth-order valence-electron chi connectivity index (χ4n) is 4.39. The molecular formula is C26H23F6N3O. The highest BCUT2D eigenvalue weighted by Crippen LogP contribution is 2.37. The summed E-state index contributed by atoms with van der Waals surface area (Å²) in [5.41, 5.74) is -1.77. The SMILES string of the molecule is O=C(c1cc(C(F)(F)F)cc(C(F)(F)F)c1)N1CCN(Cc2cccnc2)C[C@H]1Cc1ccccc1. The Labute approximate surface area is 204 Å². The molecule has 4 nitrogen and oxygen atoms in total. The van der Waals surface area contributed by atoms with Crippen LogP contribution in [0.15, 0.2) is 73.1 Å². The van der Waals surface area contributed by atoms with Gasteiger partial charge in [-0.15, -0.1) is 0 Å². The molecule has 2 aromatic carbocycles. The Balaban J connectivity index is 1.64. The maximum absolute atomic E-state index is 13.4. The van der Waals surface area contributed by atoms with E-state index >= 15 is 0 Å². The summed E-state index contributed by atoms with van der Waals surface area (Å²) in [5.74, 6) is -0.853. The number of aromatic nitrogens is 1. The molecule has 0 saturated carbocycles. The van der Waals surface area contributed by atoms with Crippen LogP contribution in [0, 0.1) is 0 Å². The monoisotopic (exact) mass is 507 g/mol. The van der Waals surface area contributed by atoms with Crippen molar-refractivity contribution in [3.63, 3.8) is 0 Å². The molecule has 0 unspecified atom stereocenters. The zero-order chi connectivity index (χ0) is 25.9. The Morgan fingerprint density at radius 3 is 2.08 bits per heavy atom. The van der Waals surface area contributed by atoms with Crippen LogP contribution in [0.4, 0.5) is 26.3 Å². The summed E-state index contributed by atoms with van der Waals surface area (Å²) < 4.78 is 80.2. The second-order valence-electron chi connectivity index (χ2n) is 8.73. The second-order valence-corrected chi connectivity index (χ2v) is 8.73. The van der Waals surface area contributed by atoms with Gasteiger partial charge in [-0.25, -0.2) is 0 Å². The van der Waals surface area contributed by atoms with Gasteiger partial charge < -0.3 is 4.90 Å². The highest BCUT2D eigenvalue weighted by Gasteiger charge is 2.39. The number of amides is 1. The van der Waals surface area contributed by atoms with Gasteiger partial charge in [-0.3, -0.25) is 14.7 Å². The Morgan fingerprint density at radius 2 is 1.50 bits per heavy atom. The summed E-state index contributed by atoms with van der Waals surface area (Å²) in [4.78, 5) is 21.0. The van der Waals surface area contributed by atoms with Gasteiger partial charge in [-0.05, 0) is 41.8 Å². The quantitative estimate of drug-likeness (QED) is 0.417. The molecule has 190 valence electrons. The molecule has 0 radical (unpaired) electrons. The molecule has 4 rings (SSSR count). The first-order valence-corrected chi connectivity index (χ1v) is 11.3. The lowest BCUT2D eigenvalue weighted by molar-refractivity contribution is -0.143. The second kappa shape index (κ2) is 10.3. The Morgan fingerprint density at radius 1 is 0.861 bits per heavy atom. The third-order valence-corrected chi connectivity index (χ3v) is 6.11. The minimum Gasteiger partial charge on any atom is -0.333 e. The minimum absolute atomic E-state index is 0.0318. The van der Waals surface area contributed by atoms with Gasteiger partial charge in [0.25, 0.3) is 5.91 Å². The fraction of sp³-hybridized carbons (Fsp3) is 0.308. The minimum atomic E-state index is -5.03. The number of benzene rings is 2. The lowest BCUT2D eigenvalue weighted by Gasteiger charge is -2.42. The van der Waals surface area contributed by atoms with Gasteiger partial charge in [-0.2, -0.15) is 26.3 Å². The number of piperazine rings is 1. The van der Waals surface area contributed by atoms with Gasteiger partial charge in [0.2, 0.25) is 0 Å². The number of carbonyl (C=O) groups is 1. The van der Waals surface area contributed by atoms with Crippen LogP contribution in [0.1, 0.15) is 32.6 Å². The van der Waals surface area contributed by atoms with Crippen LogP contribution >= 0.6 is 0 Å². The van der Waals surface area contributed by atoms with E-state index in [0.717, 1.165) is 11.1 Å². The van der Waals surface area contributed by atoms with Crippen LogP contribution in [0.5, 0.6) is 0 Å². The van der Waals surface area contributed by atoms with Gasteiger partial charge in [0.15, 0.2) is 0 Å². The third kappa shape index (κ3) is 6.23. The van der Waals surface area contributed by atoms with E-state index in [1.54, 1.807) is 12.4 Å². The van der Waals surface area contributed by atoms with Gasteiger partial charge in [-0.1, -0.05) is 36.4 Å². The molecule has 0 bridgehead atoms. The standard InChI is InChI=1S/C26H23F6N3O/c27-25(28,29)21-12-20(13-22(14-21)26(30,31)32)24(36)35-10-9-34(16-19-7-4-8-33-15-19)17-23(35)11-18-5-2-1-3-6-18/h1-8,12-15,23H,9-11,16-17H2/t23-/m1/s1. The number of rotatable bonds is 5. The lowest BCUT2D eigenvalue weighted by atomic mass is 9.99. The highest BCUT2D eigenvalue weighted by molar-refractivity contribution is 5.95. The molecular weight excluding hydrogens is 484 g/mol. The molecule has 1 aliphatic rings. The van der Waals surface area contributed by atoms with Crippen LogP contribution in [-0.2, 0) is 25.3 Å². The maximum atomic E-state index is 13.4. The van der Waals surface area contributed by atoms with Gasteiger partial charge in [0.1, 0.15) is 0 Å². The van der Waals surface area contributed by atoms with E-state index in [2.05, 4.69) is 9.88 Å². The predicted octanol–water partition coefficient (Wildman–Crippen LogP) is 5.69. The van der Waals surface area contributed by atoms with Crippen molar-refractivity contribution >= 4 is 5.91 Å². The molecule has 1 saturated heterocycles. The number of hydrogen-bond donors (Lipinski definition) is 0. The first kappa shape index (κ1) is 25.7. The summed E-state index contributed by atoms with van der Waals surface area (Å²) in [6.07, 6.45) is -6.26. The van der Waals surface area contributed by atoms with Crippen molar-refractivity contribution in [3.8, 4) is 0 Å². The summed E-state index contributed by atoms with van der Waals surface area (Å²) in [7, 11) is 0. The summed E-state index contributed by atoms with van der Waals surface area (Å²) in [5, 5.41) is 0. The number of nitrogens with zero attached hydrogens (tertiary/aromatic N) is 3. The van der Waals surface area contributed by atoms with Gasteiger partial charge in [0, 0.05) is 50.2 Å². The smallest absolute Gasteiger partial charge is 0.333 e. The molecule has 3 aromatic rings. The van der Waals surface area contributed by atoms with Crippen LogP contribution < -0.4 is 0 Å². The molecule has 1 fully saturated rings. The van der Waals surface area contributed by atoms with Gasteiger partial charge in [0.05, 0.1) is 11.1 Å². The van der Waals surface area contributed by atoms with Crippen LogP contribution in [0.3, 0.4) is 0 Å². The maximum Gasteiger partial charge on any atom is 0.416 e. The van der Waals surface area contributed by atoms with E-state index in [-0.39, 0.29) is 12.6 Å². The molecule has 2 heterocycles. The zero-order valence-corrected chi connectivity index (χ0v) is 19.1. The van der Waals surface area contributed by atoms with Gasteiger partial charge >= 0.3 is 12.4 Å². The van der Waals surface area contributed by atoms with E-state index in [4.69, 9.17) is 0 Å². The Hall–Kier alpha value is -3.40. The van der Waals surface area contributed by atoms with Crippen molar-refractivity contribution in [3.05, 3.63) is 101 Å². The number of pyridine rings is 1. The number of halogens is 6. The fourth-order valence-corrected chi connectivity index (χ4v) is 4.39. The molecule has 1 aromatic heterocycles. The van der Waals surface area contributed by atoms with E-state index in [9.17, 15) is 31.1 Å². The topological polar surface area (TPSA) is 36.4 Å². The molecule has 1 amide bonds. The molecule has 36 heavy (non-hydrogen) atoms. The molecule has 0 N–H and O–H groups in total. The van der Waals surface area contributed by atoms with Crippen molar-refractivity contribution in [2.45, 2.75) is 31.4 Å². The Bertz CT molecular complexity index is 1150. The van der Waals surface area contributed by atoms with Crippen molar-refractivity contribution in [2.24, 2.45) is 0 Å². The van der Waals surface area contributed by atoms with Crippen molar-refractivity contribution < 1.29 is 31.1 Å². The molecule has 1 atom stereocenters. The largest absolute Gasteiger partial charge is 0.416 e. The third-order valence-electron chi connectivity index (χ3n) is 6.11. The number of alkyl halides is 6. The first-order chi connectivity index (χ1) is 17.0. The van der Waals surface area contributed by atoms with Crippen LogP contribution in [0.2, 0.25) is 0 Å². The van der Waals surface area contributed by atoms with Crippen molar-refractivity contribution in [1.82, 2.24) is 14.8 Å². The Kier molecular flexibility index (Phi) is 7.35. The van der Waals surface area contributed by atoms with E-state index in [0.29, 0.717) is 38.2 Å². The number of carbonyl (C=O) groups excluding carboxylic acids is 1. The molecule has 0 spiro atoms. The van der Waals surface area contributed by atoms with Crippen molar-refractivity contribution in [1.29, 1.82) is 0 Å². The summed E-state index contributed by atoms with van der Waals surface area (Å²) in [6.45, 7) is 1.54. The van der Waals surface area contributed by atoms with E-state index < -0.39 is 41.0 Å². The molecule has 1 aliphatic heterocycles. The lowest BCUT2D eigenvalue weighted by Crippen LogP contribution is -2.55. The summed E-state index contributed by atoms with van der Waals surface area (Å²) in [6, 6.07) is 13.5. The highest BCUT2D eigenvalue weighted by atomic mass is 19.4. The summed E-state index contributed by atoms with van der Waals surface area (Å²) >= 11 is 0. The normalized spacial score (nSPS) is 17.3. The van der Waals surface area contributed by atoms with Crippen molar-refractivity contribution in [2.75, 3.05) is 19.6 Å². The zero-order valence-electron chi connectivity index (χ0n) is 19.1. The predicted molar refractivity (Wildman–Crippen MR) is 121 cm³/mol. The average Bonchev–Trinajstić information content (AvgIpc) is 2.84. The van der Waals surface area contributed by atoms with E-state index in [1.165, 1.54) is 4.90 Å². The average molecular weight is 507 g/mol. The van der Waals surface area contributed by atoms with E-state index in [1.807, 2.05) is 42.5 Å². The first-order valence-electron chi connectivity index (χ1n) is 11.3.